The minimum Gasteiger partial charge on any atom is -0.469 e. The van der Waals surface area contributed by atoms with Gasteiger partial charge in [-0.25, -0.2) is 4.98 Å². The maximum Gasteiger partial charge on any atom is 0.212 e. The van der Waals surface area contributed by atoms with Gasteiger partial charge in [-0.1, -0.05) is 66.2 Å². The molecule has 7 nitrogen and oxygen atoms in total. The topological polar surface area (TPSA) is 100 Å². The van der Waals surface area contributed by atoms with E-state index in [4.69, 9.17) is 30.8 Å². The van der Waals surface area contributed by atoms with Gasteiger partial charge in [0.1, 0.15) is 35.5 Å². The first kappa shape index (κ1) is 21.1. The monoisotopic (exact) mass is 473 g/mol. The average Bonchev–Trinajstić information content (AvgIpc) is 3.54. The van der Waals surface area contributed by atoms with Crippen LogP contribution < -0.4 is 4.74 Å². The summed E-state index contributed by atoms with van der Waals surface area (Å²) in [6.45, 7) is 0.469. The molecule has 170 valence electrons. The third-order valence-electron chi connectivity index (χ3n) is 6.32. The zero-order valence-corrected chi connectivity index (χ0v) is 18.7. The number of nitrogens with zero attached hydrogens (tertiary/aromatic N) is 2. The maximum absolute atomic E-state index is 9.96. The second kappa shape index (κ2) is 8.42. The smallest absolute Gasteiger partial charge is 0.212 e. The van der Waals surface area contributed by atoms with Gasteiger partial charge in [-0.3, -0.25) is 0 Å². The zero-order valence-electron chi connectivity index (χ0n) is 17.9. The Morgan fingerprint density at radius 2 is 1.71 bits per heavy atom. The van der Waals surface area contributed by atoms with Crippen molar-refractivity contribution in [3.63, 3.8) is 0 Å². The highest BCUT2D eigenvalue weighted by Gasteiger charge is 2.48. The number of nitrogens with one attached hydrogen (secondary N) is 1. The normalized spacial score (nSPS) is 23.7. The first-order chi connectivity index (χ1) is 16.6. The van der Waals surface area contributed by atoms with Crippen LogP contribution in [-0.4, -0.2) is 52.7 Å². The number of aromatic amines is 1. The lowest BCUT2D eigenvalue weighted by molar-refractivity contribution is 0.00789. The minimum absolute atomic E-state index is 0.205. The van der Waals surface area contributed by atoms with E-state index in [2.05, 4.69) is 23.2 Å². The van der Waals surface area contributed by atoms with E-state index in [0.717, 1.165) is 16.7 Å². The van der Waals surface area contributed by atoms with Crippen molar-refractivity contribution in [1.82, 2.24) is 9.97 Å². The van der Waals surface area contributed by atoms with Crippen LogP contribution in [0.25, 0.3) is 33.4 Å². The minimum atomic E-state index is -0.673. The van der Waals surface area contributed by atoms with E-state index in [1.165, 1.54) is 0 Å². The first-order valence-corrected chi connectivity index (χ1v) is 11.4. The molecule has 0 radical (unpaired) electrons. The number of hydrogen-bond donors (Lipinski definition) is 2. The van der Waals surface area contributed by atoms with E-state index in [1.807, 2.05) is 42.5 Å². The highest BCUT2D eigenvalue weighted by atomic mass is 35.5. The third kappa shape index (κ3) is 3.52. The fourth-order valence-electron chi connectivity index (χ4n) is 4.61. The molecule has 0 bridgehead atoms. The number of ether oxygens (including phenoxy) is 3. The molecule has 2 saturated heterocycles. The molecule has 34 heavy (non-hydrogen) atoms. The van der Waals surface area contributed by atoms with Crippen molar-refractivity contribution in [3.05, 3.63) is 71.2 Å². The lowest BCUT2D eigenvalue weighted by Gasteiger charge is -2.16. The van der Waals surface area contributed by atoms with E-state index in [-0.39, 0.29) is 30.8 Å². The van der Waals surface area contributed by atoms with Gasteiger partial charge in [0.05, 0.1) is 29.4 Å². The quantitative estimate of drug-likeness (QED) is 0.457. The number of aromatic nitrogens is 2. The lowest BCUT2D eigenvalue weighted by atomic mass is 10.0. The van der Waals surface area contributed by atoms with Crippen molar-refractivity contribution in [3.8, 4) is 34.3 Å². The van der Waals surface area contributed by atoms with Crippen molar-refractivity contribution in [2.24, 2.45) is 0 Å². The molecule has 4 heterocycles. The summed E-state index contributed by atoms with van der Waals surface area (Å²) in [5.41, 5.74) is 5.01. The fourth-order valence-corrected chi connectivity index (χ4v) is 4.87. The molecule has 2 N–H and O–H groups in total. The molecule has 6 rings (SSSR count). The van der Waals surface area contributed by atoms with Gasteiger partial charge in [0.15, 0.2) is 6.10 Å². The number of aliphatic hydroxyl groups is 1. The van der Waals surface area contributed by atoms with Crippen molar-refractivity contribution in [1.29, 1.82) is 5.26 Å². The molecular formula is C26H20ClN3O4. The number of benzene rings is 2. The van der Waals surface area contributed by atoms with Gasteiger partial charge < -0.3 is 24.3 Å². The second-order valence-corrected chi connectivity index (χ2v) is 8.83. The number of pyridine rings is 1. The Bertz CT molecular complexity index is 1400. The van der Waals surface area contributed by atoms with Crippen molar-refractivity contribution >= 4 is 22.6 Å². The number of nitriles is 1. The predicted octanol–water partition coefficient (Wildman–Crippen LogP) is 4.33. The van der Waals surface area contributed by atoms with Crippen LogP contribution in [-0.2, 0) is 9.47 Å². The Morgan fingerprint density at radius 3 is 2.47 bits per heavy atom. The van der Waals surface area contributed by atoms with Gasteiger partial charge in [-0.15, -0.1) is 0 Å². The Hall–Kier alpha value is -3.41. The number of rotatable bonds is 4. The summed E-state index contributed by atoms with van der Waals surface area (Å²) in [4.78, 5) is 7.84. The predicted molar refractivity (Wildman–Crippen MR) is 127 cm³/mol. The van der Waals surface area contributed by atoms with Gasteiger partial charge in [-0.2, -0.15) is 5.26 Å². The second-order valence-electron chi connectivity index (χ2n) is 8.42. The molecule has 8 heteroatoms. The molecule has 2 aliphatic rings. The summed E-state index contributed by atoms with van der Waals surface area (Å²) in [5.74, 6) is 0.289. The van der Waals surface area contributed by atoms with E-state index >= 15 is 0 Å². The SMILES string of the molecule is N#Cc1c(O[C@@H]2COC3[C@H](O)CO[C@@H]32)[nH]c2cc(Cl)c(-c3ccc(-c4ccccc4)cc3)nc12. The number of fused-ring (bicyclic) bond motifs is 2. The molecule has 0 aliphatic carbocycles. The van der Waals surface area contributed by atoms with Gasteiger partial charge in [0.25, 0.3) is 0 Å². The zero-order chi connectivity index (χ0) is 23.2. The van der Waals surface area contributed by atoms with Crippen LogP contribution in [0.5, 0.6) is 5.88 Å². The lowest BCUT2D eigenvalue weighted by Crippen LogP contribution is -2.34. The summed E-state index contributed by atoms with van der Waals surface area (Å²) >= 11 is 6.58. The van der Waals surface area contributed by atoms with Crippen LogP contribution in [0.1, 0.15) is 5.56 Å². The van der Waals surface area contributed by atoms with Crippen molar-refractivity contribution < 1.29 is 19.3 Å². The highest BCUT2D eigenvalue weighted by molar-refractivity contribution is 6.33. The summed E-state index contributed by atoms with van der Waals surface area (Å²) in [7, 11) is 0. The van der Waals surface area contributed by atoms with E-state index in [0.29, 0.717) is 21.7 Å². The number of halogens is 1. The fraction of sp³-hybridized carbons (Fsp3) is 0.231. The Balaban J connectivity index is 1.33. The van der Waals surface area contributed by atoms with E-state index < -0.39 is 18.3 Å². The molecule has 2 aromatic heterocycles. The van der Waals surface area contributed by atoms with Gasteiger partial charge in [-0.05, 0) is 17.2 Å². The number of aliphatic hydroxyl groups excluding tert-OH is 1. The molecule has 2 aromatic carbocycles. The maximum atomic E-state index is 9.96. The summed E-state index contributed by atoms with van der Waals surface area (Å²) in [5, 5.41) is 20.3. The molecule has 1 unspecified atom stereocenters. The summed E-state index contributed by atoms with van der Waals surface area (Å²) in [6, 6.07) is 22.0. The van der Waals surface area contributed by atoms with Crippen molar-refractivity contribution in [2.45, 2.75) is 24.4 Å². The van der Waals surface area contributed by atoms with Crippen molar-refractivity contribution in [2.75, 3.05) is 13.2 Å². The molecule has 2 aliphatic heterocycles. The number of hydrogen-bond acceptors (Lipinski definition) is 6. The molecule has 4 aromatic rings. The van der Waals surface area contributed by atoms with Crippen LogP contribution in [0.4, 0.5) is 0 Å². The summed E-state index contributed by atoms with van der Waals surface area (Å²) < 4.78 is 17.3. The van der Waals surface area contributed by atoms with Crippen LogP contribution in [0.3, 0.4) is 0 Å². The molecule has 0 amide bonds. The van der Waals surface area contributed by atoms with Crippen LogP contribution >= 0.6 is 11.6 Å². The van der Waals surface area contributed by atoms with E-state index in [9.17, 15) is 10.4 Å². The third-order valence-corrected chi connectivity index (χ3v) is 6.60. The molecule has 0 spiro atoms. The Labute approximate surface area is 200 Å². The molecule has 2 fully saturated rings. The summed E-state index contributed by atoms with van der Waals surface area (Å²) in [6.07, 6.45) is -1.92. The standard InChI is InChI=1S/C26H20ClN3O4/c27-18-10-19-23(30-22(18)16-8-6-15(7-9-16)14-4-2-1-3-5-14)17(11-28)26(29-19)34-21-13-33-24-20(31)12-32-25(21)24/h1-10,20-21,24-25,29,31H,12-13H2/t20-,21-,24?,25-/m1/s1. The van der Waals surface area contributed by atoms with Gasteiger partial charge in [0, 0.05) is 5.56 Å². The Morgan fingerprint density at radius 1 is 1.00 bits per heavy atom. The molecular weight excluding hydrogens is 454 g/mol. The molecule has 0 saturated carbocycles. The Kier molecular flexibility index (Phi) is 5.24. The first-order valence-electron chi connectivity index (χ1n) is 11.0. The average molecular weight is 474 g/mol. The number of H-pyrrole nitrogens is 1. The largest absolute Gasteiger partial charge is 0.469 e. The molecule has 4 atom stereocenters. The van der Waals surface area contributed by atoms with E-state index in [1.54, 1.807) is 6.07 Å². The van der Waals surface area contributed by atoms with Crippen LogP contribution in [0.2, 0.25) is 5.02 Å². The van der Waals surface area contributed by atoms with Gasteiger partial charge in [0.2, 0.25) is 5.88 Å². The highest BCUT2D eigenvalue weighted by Crippen LogP contribution is 2.36. The van der Waals surface area contributed by atoms with Crippen LogP contribution in [0, 0.1) is 11.3 Å². The van der Waals surface area contributed by atoms with Gasteiger partial charge >= 0.3 is 0 Å². The van der Waals surface area contributed by atoms with Crippen LogP contribution in [0.15, 0.2) is 60.7 Å².